The molecule has 20 heavy (non-hydrogen) atoms. The minimum Gasteiger partial charge on any atom is -0.322 e. The van der Waals surface area contributed by atoms with Crippen LogP contribution in [0, 0.1) is 15.9 Å². The quantitative estimate of drug-likeness (QED) is 0.684. The topological polar surface area (TPSA) is 72.2 Å². The highest BCUT2D eigenvalue weighted by Gasteiger charge is 2.12. The highest BCUT2D eigenvalue weighted by atomic mass is 79.9. The second kappa shape index (κ2) is 5.79. The molecule has 0 atom stereocenters. The third kappa shape index (κ3) is 3.18. The SMILES string of the molecule is O=C(Nc1ccc([N+](=O)[O-])cc1)c1ccc(F)cc1Br. The summed E-state index contributed by atoms with van der Waals surface area (Å²) < 4.78 is 13.3. The van der Waals surface area contributed by atoms with Crippen molar-refractivity contribution in [2.24, 2.45) is 0 Å². The first-order valence-corrected chi connectivity index (χ1v) is 6.27. The summed E-state index contributed by atoms with van der Waals surface area (Å²) in [6.45, 7) is 0. The van der Waals surface area contributed by atoms with Crippen molar-refractivity contribution in [1.82, 2.24) is 0 Å². The third-order valence-corrected chi connectivity index (χ3v) is 3.17. The van der Waals surface area contributed by atoms with Gasteiger partial charge in [0.1, 0.15) is 5.82 Å². The van der Waals surface area contributed by atoms with Crippen LogP contribution in [0.15, 0.2) is 46.9 Å². The van der Waals surface area contributed by atoms with Gasteiger partial charge in [0.05, 0.1) is 10.5 Å². The first-order valence-electron chi connectivity index (χ1n) is 5.48. The molecule has 0 fully saturated rings. The second-order valence-corrected chi connectivity index (χ2v) is 4.74. The number of non-ortho nitro benzene ring substituents is 1. The number of benzene rings is 2. The Kier molecular flexibility index (Phi) is 4.09. The molecule has 0 saturated carbocycles. The molecular weight excluding hydrogens is 331 g/mol. The molecule has 0 spiro atoms. The minimum absolute atomic E-state index is 0.0639. The molecule has 0 radical (unpaired) electrons. The number of nitrogens with zero attached hydrogens (tertiary/aromatic N) is 1. The molecule has 0 aromatic heterocycles. The van der Waals surface area contributed by atoms with E-state index >= 15 is 0 Å². The van der Waals surface area contributed by atoms with Crippen LogP contribution in [0.25, 0.3) is 0 Å². The second-order valence-electron chi connectivity index (χ2n) is 3.88. The lowest BCUT2D eigenvalue weighted by atomic mass is 10.2. The Morgan fingerprint density at radius 2 is 1.85 bits per heavy atom. The standard InChI is InChI=1S/C13H8BrFN2O3/c14-12-7-8(15)1-6-11(12)13(18)16-9-2-4-10(5-3-9)17(19)20/h1-7H,(H,16,18). The van der Waals surface area contributed by atoms with Crippen LogP contribution >= 0.6 is 15.9 Å². The van der Waals surface area contributed by atoms with E-state index in [1.165, 1.54) is 42.5 Å². The highest BCUT2D eigenvalue weighted by Crippen LogP contribution is 2.20. The van der Waals surface area contributed by atoms with Crippen LogP contribution < -0.4 is 5.32 Å². The molecule has 0 aliphatic rings. The van der Waals surface area contributed by atoms with Gasteiger partial charge in [0.25, 0.3) is 11.6 Å². The highest BCUT2D eigenvalue weighted by molar-refractivity contribution is 9.10. The van der Waals surface area contributed by atoms with Gasteiger partial charge in [-0.05, 0) is 46.3 Å². The summed E-state index contributed by atoms with van der Waals surface area (Å²) in [4.78, 5) is 22.0. The molecule has 2 aromatic rings. The molecule has 0 unspecified atom stereocenters. The molecule has 0 bridgehead atoms. The Balaban J connectivity index is 2.17. The number of rotatable bonds is 3. The zero-order chi connectivity index (χ0) is 14.7. The monoisotopic (exact) mass is 338 g/mol. The number of hydrogen-bond acceptors (Lipinski definition) is 3. The first kappa shape index (κ1) is 14.1. The Labute approximate surface area is 121 Å². The number of carbonyl (C=O) groups excluding carboxylic acids is 1. The molecule has 2 aromatic carbocycles. The third-order valence-electron chi connectivity index (χ3n) is 2.51. The van der Waals surface area contributed by atoms with E-state index in [0.29, 0.717) is 10.2 Å². The Hall–Kier alpha value is -2.28. The number of nitro groups is 1. The average molecular weight is 339 g/mol. The van der Waals surface area contributed by atoms with Crippen LogP contribution in [-0.4, -0.2) is 10.8 Å². The Bertz CT molecular complexity index is 674. The lowest BCUT2D eigenvalue weighted by molar-refractivity contribution is -0.384. The van der Waals surface area contributed by atoms with Crippen LogP contribution in [0.1, 0.15) is 10.4 Å². The first-order chi connectivity index (χ1) is 9.47. The molecule has 0 aliphatic heterocycles. The normalized spacial score (nSPS) is 10.1. The minimum atomic E-state index is -0.526. The van der Waals surface area contributed by atoms with E-state index in [1.54, 1.807) is 0 Å². The van der Waals surface area contributed by atoms with Crippen molar-refractivity contribution in [2.45, 2.75) is 0 Å². The zero-order valence-electron chi connectivity index (χ0n) is 9.97. The Morgan fingerprint density at radius 3 is 2.40 bits per heavy atom. The van der Waals surface area contributed by atoms with Crippen LogP contribution in [0.4, 0.5) is 15.8 Å². The fraction of sp³-hybridized carbons (Fsp3) is 0. The van der Waals surface area contributed by atoms with E-state index in [-0.39, 0.29) is 11.3 Å². The number of halogens is 2. The number of carbonyl (C=O) groups is 1. The van der Waals surface area contributed by atoms with Crippen LogP contribution in [0.2, 0.25) is 0 Å². The smallest absolute Gasteiger partial charge is 0.269 e. The van der Waals surface area contributed by atoms with E-state index in [0.717, 1.165) is 0 Å². The summed E-state index contributed by atoms with van der Waals surface area (Å²) in [5, 5.41) is 13.1. The van der Waals surface area contributed by atoms with Crippen molar-refractivity contribution in [1.29, 1.82) is 0 Å². The number of hydrogen-bond donors (Lipinski definition) is 1. The van der Waals surface area contributed by atoms with Gasteiger partial charge >= 0.3 is 0 Å². The molecule has 0 heterocycles. The van der Waals surface area contributed by atoms with Crippen LogP contribution in [0.5, 0.6) is 0 Å². The van der Waals surface area contributed by atoms with E-state index in [4.69, 9.17) is 0 Å². The fourth-order valence-electron chi connectivity index (χ4n) is 1.54. The summed E-state index contributed by atoms with van der Waals surface area (Å²) in [7, 11) is 0. The van der Waals surface area contributed by atoms with Gasteiger partial charge in [-0.15, -0.1) is 0 Å². The van der Waals surface area contributed by atoms with Gasteiger partial charge < -0.3 is 5.32 Å². The van der Waals surface area contributed by atoms with Gasteiger partial charge in [0.15, 0.2) is 0 Å². The van der Waals surface area contributed by atoms with Gasteiger partial charge in [0, 0.05) is 22.3 Å². The van der Waals surface area contributed by atoms with E-state index in [9.17, 15) is 19.3 Å². The summed E-state index contributed by atoms with van der Waals surface area (Å²) in [5.41, 5.74) is 0.618. The molecule has 102 valence electrons. The van der Waals surface area contributed by atoms with Crippen LogP contribution in [0.3, 0.4) is 0 Å². The average Bonchev–Trinajstić information content (AvgIpc) is 2.39. The maximum atomic E-state index is 12.9. The lowest BCUT2D eigenvalue weighted by Crippen LogP contribution is -2.12. The summed E-state index contributed by atoms with van der Waals surface area (Å²) in [6.07, 6.45) is 0. The van der Waals surface area contributed by atoms with Gasteiger partial charge in [-0.1, -0.05) is 0 Å². The van der Waals surface area contributed by atoms with Crippen molar-refractivity contribution < 1.29 is 14.1 Å². The molecular formula is C13H8BrFN2O3. The van der Waals surface area contributed by atoms with E-state index in [2.05, 4.69) is 21.2 Å². The van der Waals surface area contributed by atoms with Crippen molar-refractivity contribution in [3.05, 3.63) is 68.4 Å². The molecule has 5 nitrogen and oxygen atoms in total. The number of nitrogens with one attached hydrogen (secondary N) is 1. The molecule has 2 rings (SSSR count). The summed E-state index contributed by atoms with van der Waals surface area (Å²) in [5.74, 6) is -0.894. The molecule has 1 amide bonds. The van der Waals surface area contributed by atoms with E-state index < -0.39 is 16.6 Å². The molecule has 7 heteroatoms. The van der Waals surface area contributed by atoms with Crippen molar-refractivity contribution in [3.8, 4) is 0 Å². The van der Waals surface area contributed by atoms with Gasteiger partial charge in [-0.25, -0.2) is 4.39 Å². The van der Waals surface area contributed by atoms with E-state index in [1.807, 2.05) is 0 Å². The van der Waals surface area contributed by atoms with Gasteiger partial charge in [-0.3, -0.25) is 14.9 Å². The number of nitro benzene ring substituents is 1. The van der Waals surface area contributed by atoms with Crippen LogP contribution in [-0.2, 0) is 0 Å². The Morgan fingerprint density at radius 1 is 1.20 bits per heavy atom. The maximum absolute atomic E-state index is 12.9. The lowest BCUT2D eigenvalue weighted by Gasteiger charge is -2.06. The predicted molar refractivity (Wildman–Crippen MR) is 75.1 cm³/mol. The summed E-state index contributed by atoms with van der Waals surface area (Å²) >= 11 is 3.10. The predicted octanol–water partition coefficient (Wildman–Crippen LogP) is 3.75. The van der Waals surface area contributed by atoms with Gasteiger partial charge in [0.2, 0.25) is 0 Å². The van der Waals surface area contributed by atoms with Crippen molar-refractivity contribution in [2.75, 3.05) is 5.32 Å². The molecule has 0 saturated heterocycles. The summed E-state index contributed by atoms with van der Waals surface area (Å²) in [6, 6.07) is 9.13. The number of amides is 1. The van der Waals surface area contributed by atoms with Crippen molar-refractivity contribution in [3.63, 3.8) is 0 Å². The fourth-order valence-corrected chi connectivity index (χ4v) is 2.07. The zero-order valence-corrected chi connectivity index (χ0v) is 11.6. The maximum Gasteiger partial charge on any atom is 0.269 e. The van der Waals surface area contributed by atoms with Gasteiger partial charge in [-0.2, -0.15) is 0 Å². The number of anilines is 1. The largest absolute Gasteiger partial charge is 0.322 e. The molecule has 1 N–H and O–H groups in total. The molecule has 0 aliphatic carbocycles. The van der Waals surface area contributed by atoms with Crippen molar-refractivity contribution >= 4 is 33.2 Å².